The molecular weight excluding hydrogens is 264 g/mol. The highest BCUT2D eigenvalue weighted by Crippen LogP contribution is 2.53. The van der Waals surface area contributed by atoms with Crippen molar-refractivity contribution in [1.82, 2.24) is 0 Å². The topological polar surface area (TPSA) is 0 Å². The quantitative estimate of drug-likeness (QED) is 0.354. The maximum absolute atomic E-state index is 2.36. The van der Waals surface area contributed by atoms with Crippen LogP contribution in [-0.2, 0) is 0 Å². The maximum atomic E-state index is 2.36. The first-order valence-corrected chi connectivity index (χ1v) is 8.07. The van der Waals surface area contributed by atoms with Crippen LogP contribution in [-0.4, -0.2) is 0 Å². The smallest absolute Gasteiger partial charge is 0.00155 e. The second-order valence-corrected chi connectivity index (χ2v) is 6.97. The molecule has 22 heavy (non-hydrogen) atoms. The van der Waals surface area contributed by atoms with Gasteiger partial charge >= 0.3 is 0 Å². The van der Waals surface area contributed by atoms with Gasteiger partial charge in [0.05, 0.1) is 0 Å². The molecule has 0 fully saturated rings. The minimum Gasteiger partial charge on any atom is -0.0584 e. The molecule has 0 heteroatoms. The zero-order chi connectivity index (χ0) is 15.8. The Bertz CT molecular complexity index is 896. The molecule has 1 aliphatic rings. The van der Waals surface area contributed by atoms with Crippen molar-refractivity contribution in [3.05, 3.63) is 57.6 Å². The van der Waals surface area contributed by atoms with Crippen LogP contribution in [0, 0.1) is 41.5 Å². The molecule has 0 bridgehead atoms. The fourth-order valence-electron chi connectivity index (χ4n) is 4.51. The molecule has 0 saturated carbocycles. The van der Waals surface area contributed by atoms with Gasteiger partial charge in [-0.2, -0.15) is 0 Å². The Morgan fingerprint density at radius 2 is 0.818 bits per heavy atom. The first-order valence-electron chi connectivity index (χ1n) is 8.07. The summed E-state index contributed by atoms with van der Waals surface area (Å²) in [5.41, 5.74) is 14.3. The van der Waals surface area contributed by atoms with Crippen LogP contribution in [0.1, 0.15) is 33.4 Å². The molecule has 0 saturated heterocycles. The summed E-state index contributed by atoms with van der Waals surface area (Å²) in [6.07, 6.45) is 0. The number of aryl methyl sites for hydroxylation is 6. The molecule has 0 aliphatic heterocycles. The van der Waals surface area contributed by atoms with Crippen LogP contribution in [0.4, 0.5) is 0 Å². The lowest BCUT2D eigenvalue weighted by atomic mass is 9.90. The van der Waals surface area contributed by atoms with E-state index in [0.717, 1.165) is 0 Å². The van der Waals surface area contributed by atoms with Gasteiger partial charge in [0, 0.05) is 0 Å². The van der Waals surface area contributed by atoms with E-state index >= 15 is 0 Å². The summed E-state index contributed by atoms with van der Waals surface area (Å²) in [5, 5.41) is 2.94. The van der Waals surface area contributed by atoms with Gasteiger partial charge in [0.1, 0.15) is 0 Å². The summed E-state index contributed by atoms with van der Waals surface area (Å²) in [5.74, 6) is 0. The number of fused-ring (bicyclic) bond motifs is 3. The summed E-state index contributed by atoms with van der Waals surface area (Å²) >= 11 is 0. The molecule has 3 aromatic rings. The third-order valence-electron chi connectivity index (χ3n) is 5.32. The van der Waals surface area contributed by atoms with Gasteiger partial charge in [0.2, 0.25) is 0 Å². The van der Waals surface area contributed by atoms with Gasteiger partial charge < -0.3 is 0 Å². The van der Waals surface area contributed by atoms with E-state index in [1.165, 1.54) is 66.4 Å². The van der Waals surface area contributed by atoms with Crippen LogP contribution < -0.4 is 0 Å². The Kier molecular flexibility index (Phi) is 2.61. The second kappa shape index (κ2) is 4.23. The first-order chi connectivity index (χ1) is 10.4. The van der Waals surface area contributed by atoms with Gasteiger partial charge in [-0.25, -0.2) is 0 Å². The second-order valence-electron chi connectivity index (χ2n) is 6.97. The van der Waals surface area contributed by atoms with Crippen LogP contribution in [0.2, 0.25) is 0 Å². The predicted molar refractivity (Wildman–Crippen MR) is 96.8 cm³/mol. The third-order valence-corrected chi connectivity index (χ3v) is 5.32. The Morgan fingerprint density at radius 3 is 1.23 bits per heavy atom. The van der Waals surface area contributed by atoms with Gasteiger partial charge in [-0.3, -0.25) is 0 Å². The molecule has 0 atom stereocenters. The van der Waals surface area contributed by atoms with Crippen LogP contribution in [0.5, 0.6) is 0 Å². The van der Waals surface area contributed by atoms with Crippen molar-refractivity contribution in [1.29, 1.82) is 0 Å². The van der Waals surface area contributed by atoms with E-state index in [1.54, 1.807) is 0 Å². The molecule has 4 rings (SSSR count). The van der Waals surface area contributed by atoms with Crippen molar-refractivity contribution in [2.45, 2.75) is 41.5 Å². The lowest BCUT2D eigenvalue weighted by Crippen LogP contribution is -1.91. The summed E-state index contributed by atoms with van der Waals surface area (Å²) in [6.45, 7) is 13.5. The van der Waals surface area contributed by atoms with Crippen LogP contribution in [0.15, 0.2) is 24.3 Å². The minimum absolute atomic E-state index is 1.39. The van der Waals surface area contributed by atoms with E-state index in [4.69, 9.17) is 0 Å². The molecule has 3 aromatic carbocycles. The van der Waals surface area contributed by atoms with Crippen molar-refractivity contribution >= 4 is 10.8 Å². The summed E-state index contributed by atoms with van der Waals surface area (Å²) in [7, 11) is 0. The molecule has 0 heterocycles. The lowest BCUT2D eigenvalue weighted by Gasteiger charge is -2.14. The maximum Gasteiger partial charge on any atom is -0.00155 e. The Morgan fingerprint density at radius 1 is 0.409 bits per heavy atom. The molecule has 0 radical (unpaired) electrons. The molecule has 110 valence electrons. The number of benzene rings is 3. The van der Waals surface area contributed by atoms with Crippen molar-refractivity contribution < 1.29 is 0 Å². The van der Waals surface area contributed by atoms with Gasteiger partial charge in [-0.1, -0.05) is 24.3 Å². The average molecular weight is 286 g/mol. The Hall–Kier alpha value is -2.08. The van der Waals surface area contributed by atoms with Crippen LogP contribution in [0.25, 0.3) is 33.0 Å². The average Bonchev–Trinajstić information content (AvgIpc) is 2.80. The lowest BCUT2D eigenvalue weighted by molar-refractivity contribution is 1.39. The molecule has 0 amide bonds. The van der Waals surface area contributed by atoms with Crippen LogP contribution >= 0.6 is 0 Å². The molecule has 0 aromatic heterocycles. The summed E-state index contributed by atoms with van der Waals surface area (Å²) < 4.78 is 0. The monoisotopic (exact) mass is 286 g/mol. The van der Waals surface area contributed by atoms with Gasteiger partial charge in [-0.15, -0.1) is 0 Å². The van der Waals surface area contributed by atoms with E-state index in [9.17, 15) is 0 Å². The molecule has 1 aliphatic carbocycles. The highest BCUT2D eigenvalue weighted by molar-refractivity contribution is 6.19. The van der Waals surface area contributed by atoms with Gasteiger partial charge in [-0.05, 0) is 108 Å². The summed E-state index contributed by atoms with van der Waals surface area (Å²) in [4.78, 5) is 0. The van der Waals surface area contributed by atoms with Crippen molar-refractivity contribution in [2.75, 3.05) is 0 Å². The van der Waals surface area contributed by atoms with Crippen LogP contribution in [0.3, 0.4) is 0 Å². The van der Waals surface area contributed by atoms with Crippen molar-refractivity contribution in [3.8, 4) is 22.3 Å². The van der Waals surface area contributed by atoms with E-state index in [2.05, 4.69) is 65.8 Å². The zero-order valence-electron chi connectivity index (χ0n) is 14.3. The standard InChI is InChI=1S/C22H22/c1-11-7-8-12(2)19-18(11)20-15(5)9-13(3)17-14(4)10-16(6)21(19)22(17)20/h7-10H,1-6H3. The number of hydrogen-bond donors (Lipinski definition) is 0. The molecule has 0 nitrogen and oxygen atoms in total. The first kappa shape index (κ1) is 13.6. The van der Waals surface area contributed by atoms with Gasteiger partial charge in [0.15, 0.2) is 0 Å². The highest BCUT2D eigenvalue weighted by Gasteiger charge is 2.28. The fraction of sp³-hybridized carbons (Fsp3) is 0.273. The molecular formula is C22H22. The molecule has 0 unspecified atom stereocenters. The number of rotatable bonds is 0. The van der Waals surface area contributed by atoms with Gasteiger partial charge in [0.25, 0.3) is 0 Å². The van der Waals surface area contributed by atoms with E-state index in [-0.39, 0.29) is 0 Å². The molecule has 0 N–H and O–H groups in total. The number of hydrogen-bond acceptors (Lipinski definition) is 0. The SMILES string of the molecule is Cc1ccc(C)c2c1-c1c(C)cc(C)c3c(C)cc(C)c-2c13. The largest absolute Gasteiger partial charge is 0.0584 e. The minimum atomic E-state index is 1.39. The Labute approximate surface area is 132 Å². The molecule has 0 spiro atoms. The third kappa shape index (κ3) is 1.48. The van der Waals surface area contributed by atoms with Crippen molar-refractivity contribution in [3.63, 3.8) is 0 Å². The van der Waals surface area contributed by atoms with E-state index in [1.807, 2.05) is 0 Å². The van der Waals surface area contributed by atoms with E-state index < -0.39 is 0 Å². The predicted octanol–water partition coefficient (Wildman–Crippen LogP) is 6.34. The summed E-state index contributed by atoms with van der Waals surface area (Å²) in [6, 6.07) is 9.27. The van der Waals surface area contributed by atoms with E-state index in [0.29, 0.717) is 0 Å². The highest BCUT2D eigenvalue weighted by atomic mass is 14.3. The fourth-order valence-corrected chi connectivity index (χ4v) is 4.51. The Balaban J connectivity index is 2.39. The zero-order valence-corrected chi connectivity index (χ0v) is 14.3. The van der Waals surface area contributed by atoms with Crippen molar-refractivity contribution in [2.24, 2.45) is 0 Å². The normalized spacial score (nSPS) is 12.1.